The van der Waals surface area contributed by atoms with E-state index in [4.69, 9.17) is 4.42 Å². The van der Waals surface area contributed by atoms with Crippen LogP contribution in [0.1, 0.15) is 31.8 Å². The molecule has 7 nitrogen and oxygen atoms in total. The highest BCUT2D eigenvalue weighted by Crippen LogP contribution is 2.12. The van der Waals surface area contributed by atoms with E-state index < -0.39 is 12.1 Å². The van der Waals surface area contributed by atoms with Crippen molar-refractivity contribution >= 4 is 11.7 Å². The third-order valence-electron chi connectivity index (χ3n) is 2.72. The lowest BCUT2D eigenvalue weighted by atomic mass is 10.3. The molecule has 2 amide bonds. The van der Waals surface area contributed by atoms with E-state index in [1.807, 2.05) is 13.8 Å². The van der Waals surface area contributed by atoms with Crippen LogP contribution in [-0.4, -0.2) is 27.5 Å². The predicted octanol–water partition coefficient (Wildman–Crippen LogP) is 1.91. The number of amides is 2. The van der Waals surface area contributed by atoms with Gasteiger partial charge in [0.25, 0.3) is 0 Å². The Labute approximate surface area is 116 Å². The van der Waals surface area contributed by atoms with Crippen LogP contribution in [-0.2, 0) is 0 Å². The highest BCUT2D eigenvalue weighted by molar-refractivity contribution is 5.88. The lowest BCUT2D eigenvalue weighted by molar-refractivity contribution is 0.149. The Bertz CT molecular complexity index is 548. The van der Waals surface area contributed by atoms with Gasteiger partial charge >= 0.3 is 6.03 Å². The van der Waals surface area contributed by atoms with Crippen molar-refractivity contribution in [1.29, 1.82) is 0 Å². The van der Waals surface area contributed by atoms with Crippen molar-refractivity contribution < 1.29 is 14.3 Å². The molecule has 0 aliphatic rings. The molecule has 1 atom stereocenters. The molecule has 3 N–H and O–H groups in total. The Kier molecular flexibility index (Phi) is 4.41. The second-order valence-corrected chi connectivity index (χ2v) is 4.67. The molecule has 0 aliphatic carbocycles. The first-order chi connectivity index (χ1) is 9.56. The molecule has 0 aromatic carbocycles. The SMILES string of the molecule is CC(C)n1cc(NC(=O)NCC(O)c2ccco2)cn1. The van der Waals surface area contributed by atoms with Gasteiger partial charge in [0.1, 0.15) is 11.9 Å². The molecule has 0 saturated heterocycles. The second kappa shape index (κ2) is 6.25. The van der Waals surface area contributed by atoms with E-state index >= 15 is 0 Å². The Balaban J connectivity index is 1.80. The van der Waals surface area contributed by atoms with Crippen LogP contribution in [0.3, 0.4) is 0 Å². The molecule has 2 rings (SSSR count). The Hall–Kier alpha value is -2.28. The van der Waals surface area contributed by atoms with Gasteiger partial charge in [-0.2, -0.15) is 5.10 Å². The fourth-order valence-electron chi connectivity index (χ4n) is 1.63. The van der Waals surface area contributed by atoms with Crippen LogP contribution in [0.25, 0.3) is 0 Å². The predicted molar refractivity (Wildman–Crippen MR) is 73.3 cm³/mol. The molecule has 7 heteroatoms. The molecule has 0 bridgehead atoms. The molecule has 0 radical (unpaired) electrons. The fourth-order valence-corrected chi connectivity index (χ4v) is 1.63. The highest BCUT2D eigenvalue weighted by atomic mass is 16.4. The van der Waals surface area contributed by atoms with Gasteiger partial charge in [-0.05, 0) is 26.0 Å². The third-order valence-corrected chi connectivity index (χ3v) is 2.72. The zero-order valence-corrected chi connectivity index (χ0v) is 11.4. The van der Waals surface area contributed by atoms with E-state index in [0.717, 1.165) is 0 Å². The fraction of sp³-hybridized carbons (Fsp3) is 0.385. The van der Waals surface area contributed by atoms with Crippen LogP contribution < -0.4 is 10.6 Å². The normalized spacial score (nSPS) is 12.4. The van der Waals surface area contributed by atoms with E-state index in [2.05, 4.69) is 15.7 Å². The maximum Gasteiger partial charge on any atom is 0.319 e. The van der Waals surface area contributed by atoms with Crippen molar-refractivity contribution in [2.75, 3.05) is 11.9 Å². The molecule has 1 unspecified atom stereocenters. The summed E-state index contributed by atoms with van der Waals surface area (Å²) in [4.78, 5) is 11.7. The van der Waals surface area contributed by atoms with Crippen LogP contribution >= 0.6 is 0 Å². The first-order valence-electron chi connectivity index (χ1n) is 6.36. The van der Waals surface area contributed by atoms with E-state index in [-0.39, 0.29) is 12.6 Å². The van der Waals surface area contributed by atoms with Crippen molar-refractivity contribution in [1.82, 2.24) is 15.1 Å². The Morgan fingerprint density at radius 2 is 2.35 bits per heavy atom. The van der Waals surface area contributed by atoms with Gasteiger partial charge in [-0.1, -0.05) is 0 Å². The monoisotopic (exact) mass is 278 g/mol. The van der Waals surface area contributed by atoms with Crippen molar-refractivity contribution in [3.63, 3.8) is 0 Å². The van der Waals surface area contributed by atoms with Gasteiger partial charge in [0.05, 0.1) is 24.7 Å². The lowest BCUT2D eigenvalue weighted by Crippen LogP contribution is -2.32. The number of anilines is 1. The number of hydrogen-bond acceptors (Lipinski definition) is 4. The van der Waals surface area contributed by atoms with Crippen molar-refractivity contribution in [2.24, 2.45) is 0 Å². The Morgan fingerprint density at radius 3 is 2.95 bits per heavy atom. The smallest absolute Gasteiger partial charge is 0.319 e. The number of carbonyl (C=O) groups is 1. The number of urea groups is 1. The van der Waals surface area contributed by atoms with E-state index in [1.54, 1.807) is 29.2 Å². The summed E-state index contributed by atoms with van der Waals surface area (Å²) < 4.78 is 6.78. The quantitative estimate of drug-likeness (QED) is 0.779. The molecule has 2 aromatic rings. The van der Waals surface area contributed by atoms with Gasteiger partial charge in [0, 0.05) is 12.2 Å². The third kappa shape index (κ3) is 3.61. The summed E-state index contributed by atoms with van der Waals surface area (Å²) in [5, 5.41) is 19.1. The minimum absolute atomic E-state index is 0.0671. The van der Waals surface area contributed by atoms with Crippen molar-refractivity contribution in [3.05, 3.63) is 36.5 Å². The molecule has 108 valence electrons. The minimum atomic E-state index is -0.867. The summed E-state index contributed by atoms with van der Waals surface area (Å²) in [6, 6.07) is 3.16. The number of hydrogen-bond donors (Lipinski definition) is 3. The number of carbonyl (C=O) groups excluding carboxylic acids is 1. The molecule has 0 spiro atoms. The summed E-state index contributed by atoms with van der Waals surface area (Å²) in [5.74, 6) is 0.415. The first-order valence-corrected chi connectivity index (χ1v) is 6.36. The largest absolute Gasteiger partial charge is 0.467 e. The van der Waals surface area contributed by atoms with E-state index in [9.17, 15) is 9.90 Å². The molecule has 20 heavy (non-hydrogen) atoms. The van der Waals surface area contributed by atoms with Crippen LogP contribution in [0.15, 0.2) is 35.2 Å². The van der Waals surface area contributed by atoms with Crippen LogP contribution in [0.4, 0.5) is 10.5 Å². The minimum Gasteiger partial charge on any atom is -0.467 e. The van der Waals surface area contributed by atoms with Crippen molar-refractivity contribution in [3.8, 4) is 0 Å². The van der Waals surface area contributed by atoms with E-state index in [1.165, 1.54) is 6.26 Å². The van der Waals surface area contributed by atoms with Crippen LogP contribution in [0.2, 0.25) is 0 Å². The molecule has 0 aliphatic heterocycles. The zero-order valence-electron chi connectivity index (χ0n) is 11.4. The van der Waals surface area contributed by atoms with Crippen LogP contribution in [0, 0.1) is 0 Å². The second-order valence-electron chi connectivity index (χ2n) is 4.67. The maximum atomic E-state index is 11.7. The topological polar surface area (TPSA) is 92.3 Å². The number of nitrogens with zero attached hydrogens (tertiary/aromatic N) is 2. The molecular formula is C13H18N4O3. The lowest BCUT2D eigenvalue weighted by Gasteiger charge is -2.09. The number of aliphatic hydroxyl groups excluding tert-OH is 1. The van der Waals surface area contributed by atoms with Gasteiger partial charge < -0.3 is 20.2 Å². The molecule has 0 saturated carbocycles. The van der Waals surface area contributed by atoms with Gasteiger partial charge in [0.15, 0.2) is 0 Å². The van der Waals surface area contributed by atoms with Gasteiger partial charge in [-0.25, -0.2) is 4.79 Å². The number of furan rings is 1. The number of nitrogens with one attached hydrogen (secondary N) is 2. The summed E-state index contributed by atoms with van der Waals surface area (Å²) in [7, 11) is 0. The van der Waals surface area contributed by atoms with Gasteiger partial charge in [-0.15, -0.1) is 0 Å². The maximum absolute atomic E-state index is 11.7. The summed E-state index contributed by atoms with van der Waals surface area (Å²) in [5.41, 5.74) is 0.601. The number of aromatic nitrogens is 2. The number of rotatable bonds is 5. The highest BCUT2D eigenvalue weighted by Gasteiger charge is 2.12. The standard InChI is InChI=1S/C13H18N4O3/c1-9(2)17-8-10(6-15-17)16-13(19)14-7-11(18)12-4-3-5-20-12/h3-6,8-9,11,18H,7H2,1-2H3,(H2,14,16,19). The van der Waals surface area contributed by atoms with Crippen LogP contribution in [0.5, 0.6) is 0 Å². The molecule has 0 fully saturated rings. The summed E-state index contributed by atoms with van der Waals surface area (Å²) in [6.07, 6.45) is 3.92. The summed E-state index contributed by atoms with van der Waals surface area (Å²) >= 11 is 0. The molecule has 2 heterocycles. The Morgan fingerprint density at radius 1 is 1.55 bits per heavy atom. The van der Waals surface area contributed by atoms with Gasteiger partial charge in [-0.3, -0.25) is 4.68 Å². The van der Waals surface area contributed by atoms with Gasteiger partial charge in [0.2, 0.25) is 0 Å². The molecule has 2 aromatic heterocycles. The van der Waals surface area contributed by atoms with Crippen molar-refractivity contribution in [2.45, 2.75) is 26.0 Å². The first kappa shape index (κ1) is 14.1. The van der Waals surface area contributed by atoms with E-state index in [0.29, 0.717) is 11.4 Å². The zero-order chi connectivity index (χ0) is 14.5. The summed E-state index contributed by atoms with van der Waals surface area (Å²) in [6.45, 7) is 4.06. The molecular weight excluding hydrogens is 260 g/mol. The number of aliphatic hydroxyl groups is 1. The average Bonchev–Trinajstić information content (AvgIpc) is 3.06. The average molecular weight is 278 g/mol.